The quantitative estimate of drug-likeness (QED) is 0.792. The van der Waals surface area contributed by atoms with Crippen molar-refractivity contribution in [2.45, 2.75) is 32.9 Å². The maximum absolute atomic E-state index is 13.2. The van der Waals surface area contributed by atoms with Gasteiger partial charge in [-0.1, -0.05) is 6.07 Å². The smallest absolute Gasteiger partial charge is 0.221 e. The molecule has 18 heavy (non-hydrogen) atoms. The lowest BCUT2D eigenvalue weighted by Crippen LogP contribution is -2.32. The van der Waals surface area contributed by atoms with Crippen molar-refractivity contribution in [3.63, 3.8) is 0 Å². The van der Waals surface area contributed by atoms with Crippen molar-refractivity contribution in [1.29, 1.82) is 0 Å². The van der Waals surface area contributed by atoms with E-state index in [0.717, 1.165) is 5.56 Å². The normalized spacial score (nSPS) is 10.7. The van der Waals surface area contributed by atoms with Gasteiger partial charge in [0, 0.05) is 25.6 Å². The standard InChI is InChI=1S/C13H18BrFN2O/c1-9(2)17-13(18)5-6-16-8-10-3-4-11(14)12(15)7-10/h3-4,7,9,16H,5-6,8H2,1-2H3,(H,17,18). The third-order valence-electron chi connectivity index (χ3n) is 2.29. The molecule has 0 spiro atoms. The summed E-state index contributed by atoms with van der Waals surface area (Å²) >= 11 is 3.10. The molecule has 0 radical (unpaired) electrons. The Kier molecular flexibility index (Phi) is 6.29. The minimum atomic E-state index is -0.271. The first-order valence-corrected chi connectivity index (χ1v) is 6.72. The molecule has 0 atom stereocenters. The van der Waals surface area contributed by atoms with Crippen LogP contribution in [0.15, 0.2) is 22.7 Å². The summed E-state index contributed by atoms with van der Waals surface area (Å²) in [4.78, 5) is 11.3. The van der Waals surface area contributed by atoms with Gasteiger partial charge in [0.2, 0.25) is 5.91 Å². The maximum Gasteiger partial charge on any atom is 0.221 e. The molecule has 0 unspecified atom stereocenters. The fourth-order valence-corrected chi connectivity index (χ4v) is 1.73. The van der Waals surface area contributed by atoms with E-state index in [1.54, 1.807) is 6.07 Å². The van der Waals surface area contributed by atoms with E-state index in [1.165, 1.54) is 6.07 Å². The average Bonchev–Trinajstić information content (AvgIpc) is 2.28. The first kappa shape index (κ1) is 15.1. The second-order valence-electron chi connectivity index (χ2n) is 4.40. The minimum absolute atomic E-state index is 0.0273. The Morgan fingerprint density at radius 2 is 2.17 bits per heavy atom. The van der Waals surface area contributed by atoms with Crippen LogP contribution in [0.4, 0.5) is 4.39 Å². The van der Waals surface area contributed by atoms with Crippen LogP contribution < -0.4 is 10.6 Å². The lowest BCUT2D eigenvalue weighted by Gasteiger charge is -2.09. The number of benzene rings is 1. The zero-order valence-corrected chi connectivity index (χ0v) is 12.2. The number of rotatable bonds is 6. The van der Waals surface area contributed by atoms with Gasteiger partial charge in [0.25, 0.3) is 0 Å². The zero-order valence-electron chi connectivity index (χ0n) is 10.6. The van der Waals surface area contributed by atoms with E-state index in [2.05, 4.69) is 26.6 Å². The SMILES string of the molecule is CC(C)NC(=O)CCNCc1ccc(Br)c(F)c1. The van der Waals surface area contributed by atoms with Crippen LogP contribution in [0, 0.1) is 5.82 Å². The molecule has 1 aromatic carbocycles. The largest absolute Gasteiger partial charge is 0.354 e. The van der Waals surface area contributed by atoms with Crippen LogP contribution in [0.25, 0.3) is 0 Å². The van der Waals surface area contributed by atoms with Crippen LogP contribution in [-0.2, 0) is 11.3 Å². The van der Waals surface area contributed by atoms with Crippen molar-refractivity contribution in [3.8, 4) is 0 Å². The first-order chi connectivity index (χ1) is 8.49. The third kappa shape index (κ3) is 5.60. The topological polar surface area (TPSA) is 41.1 Å². The van der Waals surface area contributed by atoms with Gasteiger partial charge in [-0.2, -0.15) is 0 Å². The van der Waals surface area contributed by atoms with Gasteiger partial charge in [-0.05, 0) is 47.5 Å². The van der Waals surface area contributed by atoms with Gasteiger partial charge in [-0.15, -0.1) is 0 Å². The Bertz CT molecular complexity index is 410. The summed E-state index contributed by atoms with van der Waals surface area (Å²) in [6.45, 7) is 4.99. The van der Waals surface area contributed by atoms with E-state index in [-0.39, 0.29) is 17.8 Å². The predicted molar refractivity (Wildman–Crippen MR) is 73.7 cm³/mol. The van der Waals surface area contributed by atoms with Gasteiger partial charge in [-0.3, -0.25) is 4.79 Å². The summed E-state index contributed by atoms with van der Waals surface area (Å²) in [5.74, 6) is -0.244. The van der Waals surface area contributed by atoms with E-state index in [1.807, 2.05) is 19.9 Å². The molecule has 0 fully saturated rings. The second kappa shape index (κ2) is 7.48. The van der Waals surface area contributed by atoms with Crippen molar-refractivity contribution in [2.75, 3.05) is 6.54 Å². The molecule has 1 amide bonds. The van der Waals surface area contributed by atoms with E-state index in [9.17, 15) is 9.18 Å². The van der Waals surface area contributed by atoms with E-state index >= 15 is 0 Å². The molecule has 0 bridgehead atoms. The molecule has 2 N–H and O–H groups in total. The molecule has 0 aromatic heterocycles. The summed E-state index contributed by atoms with van der Waals surface area (Å²) in [5, 5.41) is 5.92. The van der Waals surface area contributed by atoms with Gasteiger partial charge in [0.15, 0.2) is 0 Å². The molecule has 100 valence electrons. The number of hydrogen-bond acceptors (Lipinski definition) is 2. The molecule has 0 aliphatic carbocycles. The van der Waals surface area contributed by atoms with Crippen molar-refractivity contribution in [3.05, 3.63) is 34.1 Å². The van der Waals surface area contributed by atoms with Crippen LogP contribution in [0.2, 0.25) is 0 Å². The third-order valence-corrected chi connectivity index (χ3v) is 2.93. The van der Waals surface area contributed by atoms with Crippen molar-refractivity contribution < 1.29 is 9.18 Å². The van der Waals surface area contributed by atoms with Gasteiger partial charge in [0.1, 0.15) is 5.82 Å². The molecule has 3 nitrogen and oxygen atoms in total. The summed E-state index contributed by atoms with van der Waals surface area (Å²) in [6, 6.07) is 5.16. The van der Waals surface area contributed by atoms with Crippen LogP contribution in [0.1, 0.15) is 25.8 Å². The Balaban J connectivity index is 2.25. The molecular weight excluding hydrogens is 299 g/mol. The first-order valence-electron chi connectivity index (χ1n) is 5.93. The summed E-state index contributed by atoms with van der Waals surface area (Å²) in [6.07, 6.45) is 0.428. The molecule has 0 heterocycles. The number of hydrogen-bond donors (Lipinski definition) is 2. The predicted octanol–water partition coefficient (Wildman–Crippen LogP) is 2.59. The maximum atomic E-state index is 13.2. The highest BCUT2D eigenvalue weighted by atomic mass is 79.9. The van der Waals surface area contributed by atoms with Gasteiger partial charge in [-0.25, -0.2) is 4.39 Å². The second-order valence-corrected chi connectivity index (χ2v) is 5.25. The van der Waals surface area contributed by atoms with E-state index in [4.69, 9.17) is 0 Å². The molecule has 0 saturated heterocycles. The Morgan fingerprint density at radius 1 is 1.44 bits per heavy atom. The number of nitrogens with one attached hydrogen (secondary N) is 2. The monoisotopic (exact) mass is 316 g/mol. The highest BCUT2D eigenvalue weighted by molar-refractivity contribution is 9.10. The van der Waals surface area contributed by atoms with E-state index in [0.29, 0.717) is 24.0 Å². The number of amides is 1. The number of halogens is 2. The van der Waals surface area contributed by atoms with Crippen LogP contribution >= 0.6 is 15.9 Å². The average molecular weight is 317 g/mol. The Hall–Kier alpha value is -0.940. The molecule has 0 aliphatic rings. The minimum Gasteiger partial charge on any atom is -0.354 e. The Labute approximate surface area is 115 Å². The molecule has 0 aliphatic heterocycles. The van der Waals surface area contributed by atoms with Crippen molar-refractivity contribution in [1.82, 2.24) is 10.6 Å². The molecule has 5 heteroatoms. The molecule has 0 saturated carbocycles. The summed E-state index contributed by atoms with van der Waals surface area (Å²) < 4.78 is 13.7. The fourth-order valence-electron chi connectivity index (χ4n) is 1.48. The molecular formula is C13H18BrFN2O. The summed E-state index contributed by atoms with van der Waals surface area (Å²) in [5.41, 5.74) is 0.861. The van der Waals surface area contributed by atoms with Crippen LogP contribution in [-0.4, -0.2) is 18.5 Å². The number of carbonyl (C=O) groups excluding carboxylic acids is 1. The lowest BCUT2D eigenvalue weighted by molar-refractivity contribution is -0.121. The Morgan fingerprint density at radius 3 is 2.78 bits per heavy atom. The van der Waals surface area contributed by atoms with Crippen LogP contribution in [0.5, 0.6) is 0 Å². The van der Waals surface area contributed by atoms with Crippen molar-refractivity contribution in [2.24, 2.45) is 0 Å². The van der Waals surface area contributed by atoms with Gasteiger partial charge >= 0.3 is 0 Å². The van der Waals surface area contributed by atoms with Crippen LogP contribution in [0.3, 0.4) is 0 Å². The molecule has 1 aromatic rings. The van der Waals surface area contributed by atoms with E-state index < -0.39 is 0 Å². The highest BCUT2D eigenvalue weighted by Gasteiger charge is 2.03. The van der Waals surface area contributed by atoms with Gasteiger partial charge in [0.05, 0.1) is 4.47 Å². The zero-order chi connectivity index (χ0) is 13.5. The molecule has 1 rings (SSSR count). The van der Waals surface area contributed by atoms with Crippen molar-refractivity contribution >= 4 is 21.8 Å². The van der Waals surface area contributed by atoms with Gasteiger partial charge < -0.3 is 10.6 Å². The fraction of sp³-hybridized carbons (Fsp3) is 0.462. The highest BCUT2D eigenvalue weighted by Crippen LogP contribution is 2.16. The summed E-state index contributed by atoms with van der Waals surface area (Å²) in [7, 11) is 0. The lowest BCUT2D eigenvalue weighted by atomic mass is 10.2. The number of carbonyl (C=O) groups is 1.